The zero-order valence-corrected chi connectivity index (χ0v) is 10.3. The number of hydrogen-bond acceptors (Lipinski definition) is 1. The lowest BCUT2D eigenvalue weighted by atomic mass is 10.2. The van der Waals surface area contributed by atoms with Gasteiger partial charge in [0.1, 0.15) is 5.69 Å². The van der Waals surface area contributed by atoms with Gasteiger partial charge in [0.2, 0.25) is 0 Å². The van der Waals surface area contributed by atoms with Crippen molar-refractivity contribution >= 4 is 15.9 Å². The Labute approximate surface area is 105 Å². The molecule has 0 aliphatic carbocycles. The van der Waals surface area contributed by atoms with Crippen LogP contribution in [0.15, 0.2) is 34.9 Å². The van der Waals surface area contributed by atoms with Crippen molar-refractivity contribution in [2.45, 2.75) is 19.7 Å². The fourth-order valence-electron chi connectivity index (χ4n) is 1.47. The molecule has 0 spiro atoms. The Morgan fingerprint density at radius 2 is 2.31 bits per heavy atom. The summed E-state index contributed by atoms with van der Waals surface area (Å²) in [7, 11) is 0. The minimum atomic E-state index is -1.54. The van der Waals surface area contributed by atoms with Gasteiger partial charge in [-0.05, 0) is 40.5 Å². The van der Waals surface area contributed by atoms with Crippen molar-refractivity contribution in [1.82, 2.24) is 9.78 Å². The molecule has 0 radical (unpaired) electrons. The molecule has 2 aromatic rings. The fourth-order valence-corrected chi connectivity index (χ4v) is 1.82. The minimum absolute atomic E-state index is 0.238. The maximum Gasteiger partial charge on any atom is 0.163 e. The van der Waals surface area contributed by atoms with Crippen molar-refractivity contribution < 1.29 is 7.13 Å². The predicted octanol–water partition coefficient (Wildman–Crippen LogP) is 3.73. The van der Waals surface area contributed by atoms with E-state index in [0.29, 0.717) is 16.6 Å². The van der Waals surface area contributed by atoms with E-state index < -0.39 is 12.2 Å². The lowest BCUT2D eigenvalue weighted by Gasteiger charge is -2.08. The topological polar surface area (TPSA) is 17.8 Å². The molecular weight excluding hydrogens is 271 g/mol. The third-order valence-corrected chi connectivity index (χ3v) is 2.77. The molecule has 0 bridgehead atoms. The zero-order chi connectivity index (χ0) is 13.3. The zero-order valence-electron chi connectivity index (χ0n) is 10.7. The van der Waals surface area contributed by atoms with Crippen molar-refractivity contribution in [3.8, 4) is 5.69 Å². The van der Waals surface area contributed by atoms with E-state index in [1.165, 1.54) is 10.9 Å². The number of halogens is 2. The van der Waals surface area contributed by atoms with Crippen LogP contribution in [0.3, 0.4) is 0 Å². The highest BCUT2D eigenvalue weighted by Gasteiger charge is 2.11. The molecule has 1 aromatic heterocycles. The number of hydrogen-bond donors (Lipinski definition) is 0. The molecule has 1 heterocycles. The lowest BCUT2D eigenvalue weighted by Crippen LogP contribution is -2.04. The van der Waals surface area contributed by atoms with E-state index in [2.05, 4.69) is 21.0 Å². The number of benzene rings is 1. The van der Waals surface area contributed by atoms with Crippen LogP contribution in [0.4, 0.5) is 4.39 Å². The summed E-state index contributed by atoms with van der Waals surface area (Å²) >= 11 is 3.11. The Hall–Kier alpha value is -1.16. The number of rotatable bonds is 3. The lowest BCUT2D eigenvalue weighted by molar-refractivity contribution is 0.599. The molecule has 0 aliphatic rings. The van der Waals surface area contributed by atoms with Crippen LogP contribution in [0.1, 0.15) is 21.8 Å². The smallest absolute Gasteiger partial charge is 0.163 e. The quantitative estimate of drug-likeness (QED) is 0.840. The highest BCUT2D eigenvalue weighted by atomic mass is 79.9. The average molecular weight is 285 g/mol. The molecule has 0 aliphatic heterocycles. The first kappa shape index (κ1) is 8.93. The Bertz CT molecular complexity index is 569. The summed E-state index contributed by atoms with van der Waals surface area (Å²) in [4.78, 5) is 0. The normalized spacial score (nSPS) is 13.4. The molecular formula is C12H12BrFN2. The number of nitrogens with zero attached hydrogens (tertiary/aromatic N) is 2. The third kappa shape index (κ3) is 2.02. The highest BCUT2D eigenvalue weighted by Crippen LogP contribution is 2.22. The van der Waals surface area contributed by atoms with E-state index in [9.17, 15) is 4.39 Å². The van der Waals surface area contributed by atoms with Gasteiger partial charge in [-0.15, -0.1) is 0 Å². The van der Waals surface area contributed by atoms with Crippen molar-refractivity contribution in [1.29, 1.82) is 0 Å². The van der Waals surface area contributed by atoms with Crippen LogP contribution >= 0.6 is 15.9 Å². The van der Waals surface area contributed by atoms with Gasteiger partial charge in [0.25, 0.3) is 0 Å². The van der Waals surface area contributed by atoms with Gasteiger partial charge in [0.15, 0.2) is 5.82 Å². The molecule has 0 atom stereocenters. The van der Waals surface area contributed by atoms with Gasteiger partial charge in [-0.25, -0.2) is 9.07 Å². The summed E-state index contributed by atoms with van der Waals surface area (Å²) in [6.07, 6.45) is 0.239. The summed E-state index contributed by atoms with van der Waals surface area (Å²) in [5.74, 6) is -0.450. The second-order valence-corrected chi connectivity index (χ2v) is 4.09. The molecule has 2 rings (SSSR count). The minimum Gasteiger partial charge on any atom is -0.235 e. The standard InChI is InChI=1S/C12H12BrFN2/c1-2-4-9-7-8-15-16(9)11-6-3-5-10(13)12(11)14/h3,5-8H,2,4H2,1H3/i4D2. The van der Waals surface area contributed by atoms with E-state index in [-0.39, 0.29) is 5.69 Å². The van der Waals surface area contributed by atoms with Crippen LogP contribution in [0, 0.1) is 5.82 Å². The van der Waals surface area contributed by atoms with Crippen molar-refractivity contribution in [2.24, 2.45) is 0 Å². The van der Waals surface area contributed by atoms with Crippen LogP contribution in [0.5, 0.6) is 0 Å². The molecule has 0 N–H and O–H groups in total. The van der Waals surface area contributed by atoms with Gasteiger partial charge >= 0.3 is 0 Å². The van der Waals surface area contributed by atoms with Crippen molar-refractivity contribution in [2.75, 3.05) is 0 Å². The predicted molar refractivity (Wildman–Crippen MR) is 65.2 cm³/mol. The van der Waals surface area contributed by atoms with Crippen LogP contribution in [-0.2, 0) is 6.37 Å². The molecule has 16 heavy (non-hydrogen) atoms. The monoisotopic (exact) mass is 284 g/mol. The van der Waals surface area contributed by atoms with E-state index in [1.807, 2.05) is 0 Å². The fraction of sp³-hybridized carbons (Fsp3) is 0.250. The Balaban J connectivity index is 2.60. The van der Waals surface area contributed by atoms with Crippen molar-refractivity contribution in [3.05, 3.63) is 46.4 Å². The van der Waals surface area contributed by atoms with Gasteiger partial charge < -0.3 is 0 Å². The summed E-state index contributed by atoms with van der Waals surface area (Å²) < 4.78 is 31.5. The molecule has 1 aromatic carbocycles. The Morgan fingerprint density at radius 3 is 3.06 bits per heavy atom. The third-order valence-electron chi connectivity index (χ3n) is 2.16. The van der Waals surface area contributed by atoms with E-state index in [0.717, 1.165) is 0 Å². The molecule has 0 fully saturated rings. The molecule has 84 valence electrons. The maximum absolute atomic E-state index is 14.0. The summed E-state index contributed by atoms with van der Waals surface area (Å²) in [5, 5.41) is 4.02. The molecule has 4 heteroatoms. The van der Waals surface area contributed by atoms with Crippen molar-refractivity contribution in [3.63, 3.8) is 0 Å². The van der Waals surface area contributed by atoms with Gasteiger partial charge in [0, 0.05) is 14.6 Å². The van der Waals surface area contributed by atoms with E-state index in [4.69, 9.17) is 2.74 Å². The van der Waals surface area contributed by atoms with E-state index >= 15 is 0 Å². The van der Waals surface area contributed by atoms with Crippen LogP contribution in [0.25, 0.3) is 5.69 Å². The Kier molecular flexibility index (Phi) is 2.67. The number of aryl methyl sites for hydroxylation is 1. The first-order valence-electron chi connectivity index (χ1n) is 5.96. The second kappa shape index (κ2) is 4.78. The summed E-state index contributed by atoms with van der Waals surface area (Å²) in [5.41, 5.74) is 0.587. The van der Waals surface area contributed by atoms with E-state index in [1.54, 1.807) is 31.2 Å². The maximum atomic E-state index is 14.0. The van der Waals surface area contributed by atoms with Gasteiger partial charge in [-0.2, -0.15) is 5.10 Å². The first-order valence-corrected chi connectivity index (χ1v) is 5.75. The largest absolute Gasteiger partial charge is 0.235 e. The van der Waals surface area contributed by atoms with Gasteiger partial charge in [-0.3, -0.25) is 0 Å². The van der Waals surface area contributed by atoms with Gasteiger partial charge in [0.05, 0.1) is 4.47 Å². The molecule has 0 saturated heterocycles. The molecule has 0 saturated carbocycles. The first-order chi connectivity index (χ1) is 8.47. The average Bonchev–Trinajstić information content (AvgIpc) is 2.82. The second-order valence-electron chi connectivity index (χ2n) is 3.23. The van der Waals surface area contributed by atoms with Gasteiger partial charge in [-0.1, -0.05) is 19.4 Å². The van der Waals surface area contributed by atoms with Crippen LogP contribution in [0.2, 0.25) is 0 Å². The molecule has 0 amide bonds. The molecule has 2 nitrogen and oxygen atoms in total. The number of aromatic nitrogens is 2. The Morgan fingerprint density at radius 1 is 1.50 bits per heavy atom. The molecule has 0 unspecified atom stereocenters. The van der Waals surface area contributed by atoms with Crippen LogP contribution < -0.4 is 0 Å². The SMILES string of the molecule is [2H]C([2H])(CC)c1ccnn1-c1cccc(Br)c1F. The van der Waals surface area contributed by atoms with Crippen LogP contribution in [-0.4, -0.2) is 9.78 Å². The summed E-state index contributed by atoms with van der Waals surface area (Å²) in [6.45, 7) is 1.74. The summed E-state index contributed by atoms with van der Waals surface area (Å²) in [6, 6.07) is 6.43. The highest BCUT2D eigenvalue weighted by molar-refractivity contribution is 9.10.